The predicted molar refractivity (Wildman–Crippen MR) is 199 cm³/mol. The van der Waals surface area contributed by atoms with Crippen LogP contribution in [0.1, 0.15) is 89.4 Å². The molecule has 0 unspecified atom stereocenters. The molecule has 4 rings (SSSR count). The molecule has 2 nitrogen and oxygen atoms in total. The van der Waals surface area contributed by atoms with Gasteiger partial charge in [-0.1, -0.05) is 181 Å². The highest BCUT2D eigenvalue weighted by Gasteiger charge is 2.30. The van der Waals surface area contributed by atoms with Gasteiger partial charge in [0.15, 0.2) is 0 Å². The van der Waals surface area contributed by atoms with Crippen LogP contribution < -0.4 is 16.4 Å². The van der Waals surface area contributed by atoms with E-state index in [1.165, 1.54) is 74.1 Å². The zero-order valence-corrected chi connectivity index (χ0v) is 28.7. The quantitative estimate of drug-likeness (QED) is 0.0630. The number of quaternary nitrogens is 1. The predicted octanol–water partition coefficient (Wildman–Crippen LogP) is 9.04. The van der Waals surface area contributed by atoms with E-state index in [4.69, 9.17) is 0 Å². The Labute approximate surface area is 275 Å². The van der Waals surface area contributed by atoms with Gasteiger partial charge in [0.25, 0.3) is 0 Å². The van der Waals surface area contributed by atoms with Crippen LogP contribution >= 0.6 is 0 Å². The summed E-state index contributed by atoms with van der Waals surface area (Å²) in [6.07, 6.45) is 10.0. The van der Waals surface area contributed by atoms with Crippen molar-refractivity contribution in [2.75, 3.05) is 26.2 Å². The zero-order valence-electron chi connectivity index (χ0n) is 28.7. The molecule has 45 heavy (non-hydrogen) atoms. The Morgan fingerprint density at radius 2 is 0.822 bits per heavy atom. The molecular formula is C42H58BNO. The van der Waals surface area contributed by atoms with Crippen molar-refractivity contribution >= 4 is 28.3 Å². The fourth-order valence-electron chi connectivity index (χ4n) is 7.01. The van der Waals surface area contributed by atoms with E-state index in [0.717, 1.165) is 29.7 Å². The molecule has 0 spiro atoms. The third-order valence-corrected chi connectivity index (χ3v) is 9.63. The SMILES string of the molecule is CCCC[B-](c1ccccc1)(c1ccccc1)c1ccccc1.CCCC[N+](CCCC)(CCCC)CC(=O)c1ccccc1. The first-order chi connectivity index (χ1) is 22.0. The number of benzene rings is 4. The van der Waals surface area contributed by atoms with Crippen LogP contribution in [0.3, 0.4) is 0 Å². The van der Waals surface area contributed by atoms with Crippen LogP contribution in [-0.2, 0) is 0 Å². The molecule has 0 amide bonds. The van der Waals surface area contributed by atoms with Gasteiger partial charge in [-0.3, -0.25) is 4.79 Å². The van der Waals surface area contributed by atoms with Gasteiger partial charge < -0.3 is 4.48 Å². The minimum atomic E-state index is -0.913. The molecule has 3 heteroatoms. The molecule has 0 aliphatic heterocycles. The minimum Gasteiger partial charge on any atom is -0.317 e. The summed E-state index contributed by atoms with van der Waals surface area (Å²) in [6, 6.07) is 43.0. The number of ketones is 1. The van der Waals surface area contributed by atoms with Crippen molar-refractivity contribution in [2.45, 2.75) is 85.4 Å². The van der Waals surface area contributed by atoms with Crippen LogP contribution in [0.5, 0.6) is 0 Å². The lowest BCUT2D eigenvalue weighted by atomic mass is 9.14. The maximum atomic E-state index is 12.7. The van der Waals surface area contributed by atoms with Gasteiger partial charge in [-0.25, -0.2) is 0 Å². The Balaban J connectivity index is 0.000000246. The van der Waals surface area contributed by atoms with Crippen LogP contribution in [0.25, 0.3) is 0 Å². The maximum Gasteiger partial charge on any atom is 0.216 e. The molecule has 0 aliphatic rings. The van der Waals surface area contributed by atoms with Crippen molar-refractivity contribution < 1.29 is 9.28 Å². The second-order valence-electron chi connectivity index (χ2n) is 12.9. The van der Waals surface area contributed by atoms with Gasteiger partial charge in [0.05, 0.1) is 25.8 Å². The Morgan fingerprint density at radius 1 is 0.489 bits per heavy atom. The lowest BCUT2D eigenvalue weighted by molar-refractivity contribution is -0.921. The highest BCUT2D eigenvalue weighted by molar-refractivity contribution is 7.11. The molecule has 0 saturated carbocycles. The van der Waals surface area contributed by atoms with E-state index in [1.54, 1.807) is 0 Å². The highest BCUT2D eigenvalue weighted by Crippen LogP contribution is 2.18. The second kappa shape index (κ2) is 19.9. The van der Waals surface area contributed by atoms with E-state index in [0.29, 0.717) is 12.3 Å². The van der Waals surface area contributed by atoms with Gasteiger partial charge in [-0.15, -0.1) is 0 Å². The Bertz CT molecular complexity index is 1210. The van der Waals surface area contributed by atoms with Gasteiger partial charge in [-0.05, 0) is 19.3 Å². The average Bonchev–Trinajstić information content (AvgIpc) is 3.11. The standard InChI is InChI=1S/C22H24B.C20H34NO/c1-2-3-19-23(20-13-7-4-8-14-20,21-15-9-5-10-16-21)22-17-11-6-12-18-22;1-4-7-15-21(16-8-5-2,17-9-6-3)18-20(22)19-13-11-10-12-14-19/h4-18H,2-3,19H2,1H3;10-14H,4-9,15-18H2,1-3H3/q-1;+1. The maximum absolute atomic E-state index is 12.7. The van der Waals surface area contributed by atoms with Crippen molar-refractivity contribution in [3.63, 3.8) is 0 Å². The van der Waals surface area contributed by atoms with Crippen LogP contribution in [-0.4, -0.2) is 42.6 Å². The Morgan fingerprint density at radius 3 is 1.16 bits per heavy atom. The molecular weight excluding hydrogens is 545 g/mol. The van der Waals surface area contributed by atoms with Crippen molar-refractivity contribution in [1.82, 2.24) is 0 Å². The molecule has 0 radical (unpaired) electrons. The van der Waals surface area contributed by atoms with E-state index >= 15 is 0 Å². The molecule has 0 saturated heterocycles. The molecule has 0 aliphatic carbocycles. The van der Waals surface area contributed by atoms with Gasteiger partial charge in [0.1, 0.15) is 6.54 Å². The summed E-state index contributed by atoms with van der Waals surface area (Å²) >= 11 is 0. The monoisotopic (exact) mass is 603 g/mol. The lowest BCUT2D eigenvalue weighted by Gasteiger charge is -2.43. The summed E-state index contributed by atoms with van der Waals surface area (Å²) in [5.74, 6) is 0.309. The highest BCUT2D eigenvalue weighted by atomic mass is 16.1. The number of carbonyl (C=O) groups excluding carboxylic acids is 1. The molecule has 0 heterocycles. The number of unbranched alkanes of at least 4 members (excludes halogenated alkanes) is 4. The Hall–Kier alpha value is -3.43. The van der Waals surface area contributed by atoms with E-state index in [9.17, 15) is 4.79 Å². The summed E-state index contributed by atoms with van der Waals surface area (Å²) in [5.41, 5.74) is 5.20. The first-order valence-corrected chi connectivity index (χ1v) is 17.8. The largest absolute Gasteiger partial charge is 0.317 e. The van der Waals surface area contributed by atoms with E-state index < -0.39 is 6.15 Å². The zero-order chi connectivity index (χ0) is 32.2. The van der Waals surface area contributed by atoms with E-state index in [-0.39, 0.29) is 0 Å². The third kappa shape index (κ3) is 10.6. The molecule has 0 N–H and O–H groups in total. The van der Waals surface area contributed by atoms with Crippen molar-refractivity contribution in [3.8, 4) is 0 Å². The minimum absolute atomic E-state index is 0.309. The number of nitrogens with zero attached hydrogens (tertiary/aromatic N) is 1. The van der Waals surface area contributed by atoms with Crippen LogP contribution in [0.4, 0.5) is 0 Å². The third-order valence-electron chi connectivity index (χ3n) is 9.63. The summed E-state index contributed by atoms with van der Waals surface area (Å²) in [4.78, 5) is 12.7. The van der Waals surface area contributed by atoms with Gasteiger partial charge in [0, 0.05) is 5.56 Å². The average molecular weight is 604 g/mol. The van der Waals surface area contributed by atoms with Gasteiger partial charge >= 0.3 is 0 Å². The summed E-state index contributed by atoms with van der Waals surface area (Å²) in [6.45, 7) is 13.1. The Kier molecular flexibility index (Phi) is 15.9. The van der Waals surface area contributed by atoms with Gasteiger partial charge in [0.2, 0.25) is 5.78 Å². The number of Topliss-reactive ketones (excluding diaryl/α,β-unsaturated/α-hetero) is 1. The fourth-order valence-corrected chi connectivity index (χ4v) is 7.01. The van der Waals surface area contributed by atoms with Crippen LogP contribution in [0.2, 0.25) is 6.32 Å². The summed E-state index contributed by atoms with van der Waals surface area (Å²) < 4.78 is 0.989. The topological polar surface area (TPSA) is 17.1 Å². The van der Waals surface area contributed by atoms with Crippen molar-refractivity contribution in [2.24, 2.45) is 0 Å². The molecule has 0 bridgehead atoms. The normalized spacial score (nSPS) is 11.5. The lowest BCUT2D eigenvalue weighted by Crippen LogP contribution is -2.66. The molecule has 0 fully saturated rings. The van der Waals surface area contributed by atoms with Crippen molar-refractivity contribution in [1.29, 1.82) is 0 Å². The first kappa shape index (κ1) is 36.0. The number of hydrogen-bond acceptors (Lipinski definition) is 1. The fraction of sp³-hybridized carbons (Fsp3) is 0.405. The molecule has 0 aromatic heterocycles. The number of carbonyl (C=O) groups is 1. The smallest absolute Gasteiger partial charge is 0.216 e. The molecule has 0 atom stereocenters. The van der Waals surface area contributed by atoms with E-state index in [1.807, 2.05) is 30.3 Å². The van der Waals surface area contributed by atoms with Crippen molar-refractivity contribution in [3.05, 3.63) is 127 Å². The summed E-state index contributed by atoms with van der Waals surface area (Å²) in [7, 11) is 0. The van der Waals surface area contributed by atoms with E-state index in [2.05, 4.69) is 119 Å². The number of hydrogen-bond donors (Lipinski definition) is 0. The second-order valence-corrected chi connectivity index (χ2v) is 12.9. The summed E-state index contributed by atoms with van der Waals surface area (Å²) in [5, 5.41) is 0. The molecule has 4 aromatic rings. The number of rotatable bonds is 18. The first-order valence-electron chi connectivity index (χ1n) is 17.8. The molecule has 4 aromatic carbocycles. The van der Waals surface area contributed by atoms with Crippen LogP contribution in [0, 0.1) is 0 Å². The van der Waals surface area contributed by atoms with Gasteiger partial charge in [-0.2, -0.15) is 22.7 Å². The van der Waals surface area contributed by atoms with Crippen LogP contribution in [0.15, 0.2) is 121 Å². The molecule has 240 valence electrons.